The van der Waals surface area contributed by atoms with E-state index < -0.39 is 61.5 Å². The summed E-state index contributed by atoms with van der Waals surface area (Å²) in [5.74, 6) is -0.638. The van der Waals surface area contributed by atoms with Crippen LogP contribution in [0.3, 0.4) is 0 Å². The van der Waals surface area contributed by atoms with Crippen LogP contribution in [0.1, 0.15) is 136 Å². The Bertz CT molecular complexity index is 865. The number of nitrogens with one attached hydrogen (secondary N) is 1. The first-order valence-electron chi connectivity index (χ1n) is 18.8. The van der Waals surface area contributed by atoms with Gasteiger partial charge in [0.05, 0.1) is 25.4 Å². The number of allylic oxidation sites excluding steroid dienone is 5. The van der Waals surface area contributed by atoms with Crippen molar-refractivity contribution in [3.63, 3.8) is 0 Å². The van der Waals surface area contributed by atoms with E-state index in [1.165, 1.54) is 57.8 Å². The molecule has 1 aliphatic heterocycles. The van der Waals surface area contributed by atoms with Crippen LogP contribution in [0.4, 0.5) is 0 Å². The molecule has 1 heterocycles. The third-order valence-electron chi connectivity index (χ3n) is 8.80. The second-order valence-electron chi connectivity index (χ2n) is 13.1. The highest BCUT2D eigenvalue weighted by Crippen LogP contribution is 2.22. The summed E-state index contributed by atoms with van der Waals surface area (Å²) in [6, 6.07) is -0.997. The van der Waals surface area contributed by atoms with Crippen molar-refractivity contribution in [1.29, 1.82) is 0 Å². The normalized spacial score (nSPS) is 23.7. The van der Waals surface area contributed by atoms with Gasteiger partial charge < -0.3 is 45.4 Å². The molecule has 1 saturated heterocycles. The van der Waals surface area contributed by atoms with Gasteiger partial charge in [-0.2, -0.15) is 0 Å². The number of amides is 1. The first-order chi connectivity index (χ1) is 23.3. The fourth-order valence-corrected chi connectivity index (χ4v) is 5.60. The highest BCUT2D eigenvalue weighted by atomic mass is 16.7. The molecule has 0 bridgehead atoms. The van der Waals surface area contributed by atoms with E-state index in [2.05, 4.69) is 43.5 Å². The van der Waals surface area contributed by atoms with Crippen molar-refractivity contribution in [2.45, 2.75) is 185 Å². The molecule has 0 aromatic carbocycles. The molecule has 1 aliphatic rings. The maximum atomic E-state index is 12.9. The number of unbranched alkanes of at least 4 members (excludes halogenated alkanes) is 14. The lowest BCUT2D eigenvalue weighted by Crippen LogP contribution is -2.60. The van der Waals surface area contributed by atoms with Crippen LogP contribution in [0, 0.1) is 0 Å². The topological polar surface area (TPSA) is 169 Å². The van der Waals surface area contributed by atoms with Gasteiger partial charge in [0.2, 0.25) is 5.91 Å². The molecule has 10 heteroatoms. The van der Waals surface area contributed by atoms with Crippen LogP contribution in [-0.4, -0.2) is 98.7 Å². The van der Waals surface area contributed by atoms with Crippen LogP contribution in [0.25, 0.3) is 0 Å². The standard InChI is InChI=1S/C38H69NO9/c1-3-5-7-9-11-13-14-15-16-17-18-19-21-22-24-26-31(41)30(29-47-38-36(45)35(44)34(43)33(28-40)48-38)39-37(46)32(42)27-25-23-20-12-10-8-6-4-2/h14-15,18-19,24,26,30-36,38,40-45H,3-13,16-17,20-23,25,27-29H2,1-2H3,(H,39,46)/b15-14+,19-18+,26-24+. The van der Waals surface area contributed by atoms with Crippen LogP contribution in [0.15, 0.2) is 36.5 Å². The lowest BCUT2D eigenvalue weighted by molar-refractivity contribution is -0.302. The molecule has 10 nitrogen and oxygen atoms in total. The number of rotatable bonds is 29. The SMILES string of the molecule is CCCCCCC/C=C/CC/C=C/CC/C=C/C(O)C(COC1OC(CO)C(O)C(O)C1O)NC(=O)C(O)CCCCCCCCCC. The molecular weight excluding hydrogens is 614 g/mol. The number of carbonyl (C=O) groups is 1. The van der Waals surface area contributed by atoms with Crippen LogP contribution in [-0.2, 0) is 14.3 Å². The molecule has 0 aromatic rings. The van der Waals surface area contributed by atoms with Gasteiger partial charge in [0.1, 0.15) is 30.5 Å². The van der Waals surface area contributed by atoms with Gasteiger partial charge in [-0.15, -0.1) is 0 Å². The minimum absolute atomic E-state index is 0.300. The van der Waals surface area contributed by atoms with Crippen LogP contribution in [0.5, 0.6) is 0 Å². The fraction of sp³-hybridized carbons (Fsp3) is 0.816. The smallest absolute Gasteiger partial charge is 0.249 e. The number of ether oxygens (including phenoxy) is 2. The zero-order valence-corrected chi connectivity index (χ0v) is 29.8. The molecule has 0 radical (unpaired) electrons. The molecular formula is C38H69NO9. The van der Waals surface area contributed by atoms with Gasteiger partial charge in [-0.3, -0.25) is 4.79 Å². The molecule has 48 heavy (non-hydrogen) atoms. The van der Waals surface area contributed by atoms with Crippen molar-refractivity contribution < 1.29 is 44.9 Å². The van der Waals surface area contributed by atoms with Crippen molar-refractivity contribution in [2.75, 3.05) is 13.2 Å². The van der Waals surface area contributed by atoms with Crippen molar-refractivity contribution >= 4 is 5.91 Å². The first kappa shape index (κ1) is 44.4. The number of aliphatic hydroxyl groups excluding tert-OH is 6. The van der Waals surface area contributed by atoms with Crippen LogP contribution in [0.2, 0.25) is 0 Å². The summed E-state index contributed by atoms with van der Waals surface area (Å²) in [5, 5.41) is 64.1. The summed E-state index contributed by atoms with van der Waals surface area (Å²) < 4.78 is 11.0. The van der Waals surface area contributed by atoms with Crippen molar-refractivity contribution in [2.24, 2.45) is 0 Å². The summed E-state index contributed by atoms with van der Waals surface area (Å²) >= 11 is 0. The Balaban J connectivity index is 2.59. The summed E-state index contributed by atoms with van der Waals surface area (Å²) in [6.45, 7) is 3.49. The van der Waals surface area contributed by atoms with Gasteiger partial charge in [-0.05, 0) is 44.9 Å². The second-order valence-corrected chi connectivity index (χ2v) is 13.1. The van der Waals surface area contributed by atoms with Gasteiger partial charge in [-0.25, -0.2) is 0 Å². The maximum absolute atomic E-state index is 12.9. The van der Waals surface area contributed by atoms with Gasteiger partial charge in [-0.1, -0.05) is 127 Å². The molecule has 1 fully saturated rings. The molecule has 1 rings (SSSR count). The Labute approximate surface area is 290 Å². The van der Waals surface area contributed by atoms with Crippen LogP contribution < -0.4 is 5.32 Å². The van der Waals surface area contributed by atoms with Gasteiger partial charge >= 0.3 is 0 Å². The second kappa shape index (κ2) is 29.1. The zero-order valence-electron chi connectivity index (χ0n) is 29.8. The largest absolute Gasteiger partial charge is 0.394 e. The molecule has 8 atom stereocenters. The molecule has 1 amide bonds. The molecule has 0 spiro atoms. The summed E-state index contributed by atoms with van der Waals surface area (Å²) in [4.78, 5) is 12.9. The van der Waals surface area contributed by atoms with E-state index in [-0.39, 0.29) is 6.61 Å². The first-order valence-corrected chi connectivity index (χ1v) is 18.8. The number of hydrogen-bond donors (Lipinski definition) is 7. The lowest BCUT2D eigenvalue weighted by atomic mass is 9.99. The Kier molecular flexibility index (Phi) is 26.9. The monoisotopic (exact) mass is 683 g/mol. The third-order valence-corrected chi connectivity index (χ3v) is 8.80. The van der Waals surface area contributed by atoms with E-state index in [1.54, 1.807) is 6.08 Å². The average Bonchev–Trinajstić information content (AvgIpc) is 3.08. The Hall–Kier alpha value is -1.63. The van der Waals surface area contributed by atoms with E-state index in [0.717, 1.165) is 44.9 Å². The summed E-state index contributed by atoms with van der Waals surface area (Å²) in [5.41, 5.74) is 0. The zero-order chi connectivity index (χ0) is 35.4. The van der Waals surface area contributed by atoms with Crippen molar-refractivity contribution in [3.8, 4) is 0 Å². The maximum Gasteiger partial charge on any atom is 0.249 e. The lowest BCUT2D eigenvalue weighted by Gasteiger charge is -2.40. The molecule has 0 aliphatic carbocycles. The molecule has 0 saturated carbocycles. The number of aliphatic hydroxyl groups is 6. The summed E-state index contributed by atoms with van der Waals surface area (Å²) in [7, 11) is 0. The highest BCUT2D eigenvalue weighted by Gasteiger charge is 2.44. The Morgan fingerprint density at radius 2 is 1.23 bits per heavy atom. The van der Waals surface area contributed by atoms with Crippen molar-refractivity contribution in [1.82, 2.24) is 5.32 Å². The minimum atomic E-state index is -1.61. The average molecular weight is 684 g/mol. The predicted octanol–water partition coefficient (Wildman–Crippen LogP) is 5.13. The van der Waals surface area contributed by atoms with E-state index in [1.807, 2.05) is 6.08 Å². The predicted molar refractivity (Wildman–Crippen MR) is 190 cm³/mol. The van der Waals surface area contributed by atoms with Gasteiger partial charge in [0, 0.05) is 0 Å². The number of carbonyl (C=O) groups excluding carboxylic acids is 1. The Morgan fingerprint density at radius 1 is 0.708 bits per heavy atom. The molecule has 280 valence electrons. The summed E-state index contributed by atoms with van der Waals surface area (Å²) in [6.07, 6.45) is 22.5. The number of hydrogen-bond acceptors (Lipinski definition) is 9. The van der Waals surface area contributed by atoms with E-state index in [4.69, 9.17) is 9.47 Å². The third kappa shape index (κ3) is 20.1. The van der Waals surface area contributed by atoms with Gasteiger partial charge in [0.25, 0.3) is 0 Å². The fourth-order valence-electron chi connectivity index (χ4n) is 5.60. The van der Waals surface area contributed by atoms with Gasteiger partial charge in [0.15, 0.2) is 6.29 Å². The molecule has 8 unspecified atom stereocenters. The Morgan fingerprint density at radius 3 is 1.81 bits per heavy atom. The quantitative estimate of drug-likeness (QED) is 0.0418. The van der Waals surface area contributed by atoms with E-state index >= 15 is 0 Å². The van der Waals surface area contributed by atoms with Crippen molar-refractivity contribution in [3.05, 3.63) is 36.5 Å². The van der Waals surface area contributed by atoms with E-state index in [9.17, 15) is 35.4 Å². The molecule has 0 aromatic heterocycles. The highest BCUT2D eigenvalue weighted by molar-refractivity contribution is 5.80. The van der Waals surface area contributed by atoms with E-state index in [0.29, 0.717) is 19.3 Å². The molecule has 7 N–H and O–H groups in total. The minimum Gasteiger partial charge on any atom is -0.394 e. The van der Waals surface area contributed by atoms with Crippen LogP contribution >= 0.6 is 0 Å².